The van der Waals surface area contributed by atoms with Gasteiger partial charge in [0.2, 0.25) is 5.91 Å². The Balaban J connectivity index is 3.93. The number of allylic oxidation sites excluding steroid dienone is 9. The number of unbranched alkanes of at least 4 members (excludes halogenated alkanes) is 39. The largest absolute Gasteiger partial charge is 0.756 e. The van der Waals surface area contributed by atoms with E-state index >= 15 is 0 Å². The number of rotatable bonds is 60. The van der Waals surface area contributed by atoms with E-state index in [-0.39, 0.29) is 12.5 Å². The fourth-order valence-electron chi connectivity index (χ4n) is 9.59. The molecular formula is C67H127N2O6P. The van der Waals surface area contributed by atoms with E-state index in [4.69, 9.17) is 9.05 Å². The van der Waals surface area contributed by atoms with Gasteiger partial charge in [0.25, 0.3) is 7.82 Å². The van der Waals surface area contributed by atoms with Gasteiger partial charge in [0, 0.05) is 6.42 Å². The van der Waals surface area contributed by atoms with Crippen molar-refractivity contribution in [2.24, 2.45) is 0 Å². The van der Waals surface area contributed by atoms with Crippen LogP contribution in [0.2, 0.25) is 0 Å². The lowest BCUT2D eigenvalue weighted by Gasteiger charge is -2.29. The van der Waals surface area contributed by atoms with Gasteiger partial charge >= 0.3 is 0 Å². The normalized spacial score (nSPS) is 14.1. The summed E-state index contributed by atoms with van der Waals surface area (Å²) in [6.45, 7) is 4.63. The molecule has 0 saturated carbocycles. The molecule has 0 aromatic rings. The number of carbonyl (C=O) groups is 1. The van der Waals surface area contributed by atoms with E-state index in [0.29, 0.717) is 17.4 Å². The molecule has 0 rings (SSSR count). The lowest BCUT2D eigenvalue weighted by Crippen LogP contribution is -2.45. The van der Waals surface area contributed by atoms with Crippen LogP contribution >= 0.6 is 7.82 Å². The predicted octanol–water partition coefficient (Wildman–Crippen LogP) is 19.8. The second-order valence-electron chi connectivity index (χ2n) is 23.5. The summed E-state index contributed by atoms with van der Waals surface area (Å²) in [5.41, 5.74) is 0. The Morgan fingerprint density at radius 1 is 0.461 bits per heavy atom. The second kappa shape index (κ2) is 57.9. The number of aliphatic hydroxyl groups excluding tert-OH is 1. The van der Waals surface area contributed by atoms with Crippen LogP contribution in [0.4, 0.5) is 0 Å². The number of likely N-dealkylation sites (N-methyl/N-ethyl adjacent to an activating group) is 1. The molecular weight excluding hydrogens is 960 g/mol. The monoisotopic (exact) mass is 1090 g/mol. The van der Waals surface area contributed by atoms with E-state index in [1.807, 2.05) is 27.2 Å². The third kappa shape index (κ3) is 59.9. The molecule has 0 spiro atoms. The van der Waals surface area contributed by atoms with Crippen molar-refractivity contribution in [1.29, 1.82) is 0 Å². The number of hydrogen-bond acceptors (Lipinski definition) is 6. The van der Waals surface area contributed by atoms with E-state index in [0.717, 1.165) is 51.4 Å². The first-order valence-electron chi connectivity index (χ1n) is 32.7. The van der Waals surface area contributed by atoms with Gasteiger partial charge in [0.15, 0.2) is 0 Å². The molecule has 3 unspecified atom stereocenters. The quantitative estimate of drug-likeness (QED) is 0.0272. The predicted molar refractivity (Wildman–Crippen MR) is 330 cm³/mol. The summed E-state index contributed by atoms with van der Waals surface area (Å²) in [7, 11) is 1.25. The summed E-state index contributed by atoms with van der Waals surface area (Å²) in [5, 5.41) is 13.9. The zero-order chi connectivity index (χ0) is 55.6. The van der Waals surface area contributed by atoms with Gasteiger partial charge in [-0.25, -0.2) is 0 Å². The standard InChI is InChI=1S/C67H127N2O6P/c1-6-8-10-12-14-16-18-20-22-23-24-25-26-27-28-29-30-31-32-33-34-35-36-37-38-39-40-41-42-43-44-45-47-49-51-53-55-57-59-61-67(71)68-65(64-75-76(72,73)74-63-62-69(3,4)5)66(70)60-58-56-54-52-50-48-46-21-19-17-15-13-11-9-7-2/h18,20,23-24,26-27,50,52,58,60,65-66,70H,6-17,19,21-22,25,28-49,51,53-57,59,61-64H2,1-5H3,(H-,68,71,72,73)/b20-18-,24-23-,27-26-,52-50+,60-58+. The van der Waals surface area contributed by atoms with Crippen LogP contribution in [0, 0.1) is 0 Å². The van der Waals surface area contributed by atoms with E-state index in [2.05, 4.69) is 67.8 Å². The summed E-state index contributed by atoms with van der Waals surface area (Å²) in [6, 6.07) is -0.903. The fourth-order valence-corrected chi connectivity index (χ4v) is 10.3. The molecule has 0 saturated heterocycles. The number of nitrogens with one attached hydrogen (secondary N) is 1. The molecule has 0 heterocycles. The molecule has 9 heteroatoms. The summed E-state index contributed by atoms with van der Waals surface area (Å²) >= 11 is 0. The number of phosphoric ester groups is 1. The first kappa shape index (κ1) is 74.2. The minimum atomic E-state index is -4.60. The first-order chi connectivity index (χ1) is 37.0. The summed E-state index contributed by atoms with van der Waals surface area (Å²) < 4.78 is 23.3. The second-order valence-corrected chi connectivity index (χ2v) is 24.9. The number of amides is 1. The van der Waals surface area contributed by atoms with Gasteiger partial charge in [-0.1, -0.05) is 293 Å². The number of quaternary nitrogens is 1. The van der Waals surface area contributed by atoms with E-state index in [9.17, 15) is 19.4 Å². The Morgan fingerprint density at radius 2 is 0.776 bits per heavy atom. The zero-order valence-electron chi connectivity index (χ0n) is 51.0. The third-order valence-electron chi connectivity index (χ3n) is 14.7. The van der Waals surface area contributed by atoms with Gasteiger partial charge in [-0.15, -0.1) is 0 Å². The molecule has 0 radical (unpaired) electrons. The number of phosphoric acid groups is 1. The highest BCUT2D eigenvalue weighted by molar-refractivity contribution is 7.45. The molecule has 76 heavy (non-hydrogen) atoms. The Labute approximate surface area is 472 Å². The molecule has 8 nitrogen and oxygen atoms in total. The Morgan fingerprint density at radius 3 is 1.16 bits per heavy atom. The van der Waals surface area contributed by atoms with Crippen molar-refractivity contribution < 1.29 is 32.9 Å². The van der Waals surface area contributed by atoms with Crippen molar-refractivity contribution in [3.05, 3.63) is 60.8 Å². The lowest BCUT2D eigenvalue weighted by molar-refractivity contribution is -0.870. The van der Waals surface area contributed by atoms with Gasteiger partial charge in [-0.3, -0.25) is 9.36 Å². The summed E-state index contributed by atoms with van der Waals surface area (Å²) in [6.07, 6.45) is 79.2. The van der Waals surface area contributed by atoms with Crippen molar-refractivity contribution in [3.63, 3.8) is 0 Å². The van der Waals surface area contributed by atoms with Crippen molar-refractivity contribution in [1.82, 2.24) is 5.32 Å². The SMILES string of the molecule is CCCCCCC/C=C\C/C=C\C/C=C\CCCCCCCCCCCCCCCCCCCCCCCCCCC(=O)NC(COP(=O)([O-])OCC[N+](C)(C)C)C(O)/C=C/CC/C=C/CCCCCCCCCCC. The van der Waals surface area contributed by atoms with Crippen LogP contribution in [0.3, 0.4) is 0 Å². The Bertz CT molecular complexity index is 1420. The molecule has 0 aliphatic carbocycles. The Hall–Kier alpha value is -1.80. The number of nitrogens with zero attached hydrogens (tertiary/aromatic N) is 1. The minimum absolute atomic E-state index is 0.00583. The van der Waals surface area contributed by atoms with Crippen LogP contribution in [-0.4, -0.2) is 68.5 Å². The highest BCUT2D eigenvalue weighted by Crippen LogP contribution is 2.38. The molecule has 446 valence electrons. The van der Waals surface area contributed by atoms with Crippen molar-refractivity contribution in [3.8, 4) is 0 Å². The summed E-state index contributed by atoms with van der Waals surface area (Å²) in [5.74, 6) is -0.203. The maximum atomic E-state index is 13.0. The highest BCUT2D eigenvalue weighted by atomic mass is 31.2. The third-order valence-corrected chi connectivity index (χ3v) is 15.7. The molecule has 0 aromatic heterocycles. The average molecular weight is 1090 g/mol. The van der Waals surface area contributed by atoms with E-state index < -0.39 is 26.6 Å². The van der Waals surface area contributed by atoms with Crippen LogP contribution in [0.5, 0.6) is 0 Å². The van der Waals surface area contributed by atoms with Gasteiger partial charge in [-0.05, 0) is 70.6 Å². The van der Waals surface area contributed by atoms with Crippen molar-refractivity contribution in [2.75, 3.05) is 40.9 Å². The maximum absolute atomic E-state index is 13.0. The smallest absolute Gasteiger partial charge is 0.268 e. The lowest BCUT2D eigenvalue weighted by atomic mass is 10.0. The van der Waals surface area contributed by atoms with E-state index in [1.54, 1.807) is 6.08 Å². The van der Waals surface area contributed by atoms with Crippen LogP contribution in [-0.2, 0) is 18.4 Å². The molecule has 0 bridgehead atoms. The molecule has 0 aliphatic rings. The van der Waals surface area contributed by atoms with Crippen LogP contribution in [0.15, 0.2) is 60.8 Å². The molecule has 2 N–H and O–H groups in total. The van der Waals surface area contributed by atoms with E-state index in [1.165, 1.54) is 238 Å². The summed E-state index contributed by atoms with van der Waals surface area (Å²) in [4.78, 5) is 25.5. The molecule has 0 aliphatic heterocycles. The number of aliphatic hydroxyl groups is 1. The van der Waals surface area contributed by atoms with Crippen molar-refractivity contribution >= 4 is 13.7 Å². The van der Waals surface area contributed by atoms with Gasteiger partial charge < -0.3 is 28.8 Å². The van der Waals surface area contributed by atoms with Crippen LogP contribution < -0.4 is 10.2 Å². The maximum Gasteiger partial charge on any atom is 0.268 e. The van der Waals surface area contributed by atoms with Crippen molar-refractivity contribution in [2.45, 2.75) is 321 Å². The molecule has 1 amide bonds. The highest BCUT2D eigenvalue weighted by Gasteiger charge is 2.23. The van der Waals surface area contributed by atoms with Gasteiger partial charge in [0.05, 0.1) is 39.9 Å². The average Bonchev–Trinajstić information content (AvgIpc) is 3.38. The van der Waals surface area contributed by atoms with Crippen LogP contribution in [0.25, 0.3) is 0 Å². The zero-order valence-corrected chi connectivity index (χ0v) is 51.9. The number of carbonyl (C=O) groups excluding carboxylic acids is 1. The van der Waals surface area contributed by atoms with Crippen LogP contribution in [0.1, 0.15) is 309 Å². The fraction of sp³-hybridized carbons (Fsp3) is 0.836. The number of hydrogen-bond donors (Lipinski definition) is 2. The topological polar surface area (TPSA) is 108 Å². The van der Waals surface area contributed by atoms with Gasteiger partial charge in [-0.2, -0.15) is 0 Å². The molecule has 3 atom stereocenters. The minimum Gasteiger partial charge on any atom is -0.756 e. The van der Waals surface area contributed by atoms with Gasteiger partial charge in [0.1, 0.15) is 13.2 Å². The Kier molecular flexibility index (Phi) is 56.5. The first-order valence-corrected chi connectivity index (χ1v) is 34.1. The molecule has 0 fully saturated rings. The molecule has 0 aromatic carbocycles.